The Balaban J connectivity index is 1.49. The fourth-order valence-electron chi connectivity index (χ4n) is 5.53. The highest BCUT2D eigenvalue weighted by Gasteiger charge is 2.28. The van der Waals surface area contributed by atoms with Gasteiger partial charge in [0.25, 0.3) is 10.0 Å². The quantitative estimate of drug-likeness (QED) is 0.214. The average molecular weight is 563 g/mol. The molecule has 1 aliphatic carbocycles. The first kappa shape index (κ1) is 27.8. The number of hydrogen-bond acceptors (Lipinski definition) is 7. The Kier molecular flexibility index (Phi) is 7.91. The number of nitrogens with zero attached hydrogens (tertiary/aromatic N) is 3. The lowest BCUT2D eigenvalue weighted by Crippen LogP contribution is -2.17. The van der Waals surface area contributed by atoms with Gasteiger partial charge in [0.2, 0.25) is 5.88 Å². The number of aryl methyl sites for hydroxylation is 2. The molecular weight excluding hydrogens is 528 g/mol. The van der Waals surface area contributed by atoms with Crippen molar-refractivity contribution in [3.63, 3.8) is 0 Å². The fourth-order valence-corrected chi connectivity index (χ4v) is 6.80. The van der Waals surface area contributed by atoms with Gasteiger partial charge in [-0.25, -0.2) is 18.1 Å². The minimum atomic E-state index is -4.01. The number of benzene rings is 2. The molecule has 0 amide bonds. The molecule has 0 aliphatic heterocycles. The summed E-state index contributed by atoms with van der Waals surface area (Å²) >= 11 is 0. The van der Waals surface area contributed by atoms with Crippen molar-refractivity contribution in [1.29, 1.82) is 0 Å². The Morgan fingerprint density at radius 2 is 1.98 bits per heavy atom. The standard InChI is InChI=1S/C30H34N4O5S/c1-19(16-35)24-8-4-6-10-27-29(24)34(18-31-27)15-22-12-13-25(23(14-22)17-36)26-9-5-7-11-28(26)40(37,38)33-30-20(2)21(3)32-39-30/h5,7,9,11-14,16,18-19,24,33,36H,4,6,8,10,15,17H2,1-3H3. The van der Waals surface area contributed by atoms with Gasteiger partial charge in [-0.1, -0.05) is 54.9 Å². The van der Waals surface area contributed by atoms with Crippen LogP contribution in [-0.2, 0) is 34.4 Å². The van der Waals surface area contributed by atoms with Crippen LogP contribution in [0.5, 0.6) is 0 Å². The summed E-state index contributed by atoms with van der Waals surface area (Å²) < 4.78 is 36.6. The first-order valence-corrected chi connectivity index (χ1v) is 15.0. The molecule has 2 unspecified atom stereocenters. The molecule has 0 fully saturated rings. The van der Waals surface area contributed by atoms with E-state index in [1.807, 2.05) is 31.5 Å². The number of aliphatic hydroxyl groups excluding tert-OH is 1. The number of nitrogens with one attached hydrogen (secondary N) is 1. The highest BCUT2D eigenvalue weighted by Crippen LogP contribution is 2.36. The molecule has 0 saturated carbocycles. The summed E-state index contributed by atoms with van der Waals surface area (Å²) in [6.07, 6.45) is 6.84. The van der Waals surface area contributed by atoms with Crippen LogP contribution in [0.1, 0.15) is 65.9 Å². The van der Waals surface area contributed by atoms with Crippen molar-refractivity contribution in [2.24, 2.45) is 5.92 Å². The van der Waals surface area contributed by atoms with Gasteiger partial charge in [-0.15, -0.1) is 0 Å². The number of imidazole rings is 1. The monoisotopic (exact) mass is 562 g/mol. The van der Waals surface area contributed by atoms with Crippen LogP contribution < -0.4 is 4.72 Å². The van der Waals surface area contributed by atoms with Crippen molar-refractivity contribution in [2.45, 2.75) is 70.4 Å². The van der Waals surface area contributed by atoms with E-state index in [9.17, 15) is 18.3 Å². The Morgan fingerprint density at radius 1 is 1.18 bits per heavy atom. The van der Waals surface area contributed by atoms with Crippen LogP contribution in [0.3, 0.4) is 0 Å². The third kappa shape index (κ3) is 5.33. The second-order valence-corrected chi connectivity index (χ2v) is 12.2. The summed E-state index contributed by atoms with van der Waals surface area (Å²) in [4.78, 5) is 16.4. The summed E-state index contributed by atoms with van der Waals surface area (Å²) in [6.45, 7) is 5.71. The number of aliphatic hydroxyl groups is 1. The number of fused-ring (bicyclic) bond motifs is 1. The van der Waals surface area contributed by atoms with Crippen LogP contribution >= 0.6 is 0 Å². The number of carbonyl (C=O) groups excluding carboxylic acids is 1. The first-order chi connectivity index (χ1) is 19.2. The minimum absolute atomic E-state index is 0.0662. The van der Waals surface area contributed by atoms with Gasteiger partial charge in [0.1, 0.15) is 6.29 Å². The lowest BCUT2D eigenvalue weighted by molar-refractivity contribution is -0.111. The van der Waals surface area contributed by atoms with E-state index < -0.39 is 10.0 Å². The Labute approximate surface area is 234 Å². The van der Waals surface area contributed by atoms with Crippen molar-refractivity contribution in [1.82, 2.24) is 14.7 Å². The SMILES string of the molecule is Cc1noc(NS(=O)(=O)c2ccccc2-c2ccc(Cn3cnc4c3C(C(C)C=O)CCCC4)cc2CO)c1C. The molecule has 9 nitrogen and oxygen atoms in total. The first-order valence-electron chi connectivity index (χ1n) is 13.5. The van der Waals surface area contributed by atoms with Crippen molar-refractivity contribution < 1.29 is 22.8 Å². The van der Waals surface area contributed by atoms with Crippen LogP contribution in [0.25, 0.3) is 11.1 Å². The zero-order valence-corrected chi connectivity index (χ0v) is 23.7. The Bertz CT molecular complexity index is 1640. The maximum atomic E-state index is 13.4. The molecule has 1 aliphatic rings. The number of sulfonamides is 1. The van der Waals surface area contributed by atoms with Gasteiger partial charge in [0, 0.05) is 35.2 Å². The van der Waals surface area contributed by atoms with E-state index in [1.54, 1.807) is 32.0 Å². The second kappa shape index (κ2) is 11.4. The van der Waals surface area contributed by atoms with Crippen LogP contribution in [0.4, 0.5) is 5.88 Å². The van der Waals surface area contributed by atoms with Gasteiger partial charge in [-0.05, 0) is 55.9 Å². The van der Waals surface area contributed by atoms with E-state index in [0.29, 0.717) is 34.5 Å². The normalized spacial score (nSPS) is 16.2. The summed E-state index contributed by atoms with van der Waals surface area (Å²) in [7, 11) is -4.01. The van der Waals surface area contributed by atoms with Gasteiger partial charge in [-0.2, -0.15) is 0 Å². The summed E-state index contributed by atoms with van der Waals surface area (Å²) in [5.41, 5.74) is 6.03. The van der Waals surface area contributed by atoms with Crippen LogP contribution in [0.2, 0.25) is 0 Å². The second-order valence-electron chi connectivity index (χ2n) is 10.5. The van der Waals surface area contributed by atoms with Crippen molar-refractivity contribution in [3.8, 4) is 11.1 Å². The minimum Gasteiger partial charge on any atom is -0.392 e. The lowest BCUT2D eigenvalue weighted by Gasteiger charge is -2.22. The summed E-state index contributed by atoms with van der Waals surface area (Å²) in [6, 6.07) is 12.4. The highest BCUT2D eigenvalue weighted by atomic mass is 32.2. The van der Waals surface area contributed by atoms with Crippen LogP contribution in [0, 0.1) is 19.8 Å². The number of hydrogen-bond donors (Lipinski definition) is 2. The van der Waals surface area contributed by atoms with Gasteiger partial charge in [0.15, 0.2) is 0 Å². The predicted molar refractivity (Wildman–Crippen MR) is 151 cm³/mol. The van der Waals surface area contributed by atoms with Crippen LogP contribution in [0.15, 0.2) is 58.2 Å². The van der Waals surface area contributed by atoms with E-state index in [2.05, 4.69) is 19.4 Å². The number of anilines is 1. The predicted octanol–water partition coefficient (Wildman–Crippen LogP) is 5.14. The molecule has 2 aromatic carbocycles. The number of rotatable bonds is 9. The highest BCUT2D eigenvalue weighted by molar-refractivity contribution is 7.92. The molecule has 0 bridgehead atoms. The Hall–Kier alpha value is -3.76. The lowest BCUT2D eigenvalue weighted by atomic mass is 9.88. The molecule has 2 aromatic heterocycles. The topological polar surface area (TPSA) is 127 Å². The zero-order chi connectivity index (χ0) is 28.4. The fraction of sp³-hybridized carbons (Fsp3) is 0.367. The molecule has 10 heteroatoms. The van der Waals surface area contributed by atoms with Crippen molar-refractivity contribution in [3.05, 3.63) is 82.6 Å². The molecule has 0 radical (unpaired) electrons. The van der Waals surface area contributed by atoms with E-state index >= 15 is 0 Å². The van der Waals surface area contributed by atoms with Gasteiger partial charge >= 0.3 is 0 Å². The van der Waals surface area contributed by atoms with E-state index in [4.69, 9.17) is 4.52 Å². The van der Waals surface area contributed by atoms with Gasteiger partial charge in [0.05, 0.1) is 29.2 Å². The third-order valence-corrected chi connectivity index (χ3v) is 9.27. The van der Waals surface area contributed by atoms with Gasteiger partial charge in [-0.3, -0.25) is 0 Å². The molecule has 0 saturated heterocycles. The molecule has 4 aromatic rings. The maximum absolute atomic E-state index is 13.4. The Morgan fingerprint density at radius 3 is 2.70 bits per heavy atom. The molecule has 0 spiro atoms. The summed E-state index contributed by atoms with van der Waals surface area (Å²) in [5, 5.41) is 14.2. The molecule has 2 N–H and O–H groups in total. The van der Waals surface area contributed by atoms with Gasteiger partial charge < -0.3 is 19.0 Å². The molecular formula is C30H34N4O5S. The van der Waals surface area contributed by atoms with Crippen molar-refractivity contribution in [2.75, 3.05) is 4.72 Å². The number of aromatic nitrogens is 3. The molecule has 40 heavy (non-hydrogen) atoms. The molecule has 2 atom stereocenters. The number of carbonyl (C=O) groups is 1. The van der Waals surface area contributed by atoms with E-state index in [0.717, 1.165) is 48.9 Å². The van der Waals surface area contributed by atoms with E-state index in [-0.39, 0.29) is 29.2 Å². The largest absolute Gasteiger partial charge is 0.392 e. The number of aldehydes is 1. The van der Waals surface area contributed by atoms with Crippen LogP contribution in [-0.4, -0.2) is 34.5 Å². The average Bonchev–Trinajstić information content (AvgIpc) is 3.40. The van der Waals surface area contributed by atoms with E-state index in [1.165, 1.54) is 6.07 Å². The van der Waals surface area contributed by atoms with Crippen molar-refractivity contribution >= 4 is 22.2 Å². The zero-order valence-electron chi connectivity index (χ0n) is 22.9. The summed E-state index contributed by atoms with van der Waals surface area (Å²) in [5.74, 6) is 0.0987. The third-order valence-electron chi connectivity index (χ3n) is 7.88. The maximum Gasteiger partial charge on any atom is 0.264 e. The molecule has 2 heterocycles. The molecule has 210 valence electrons. The smallest absolute Gasteiger partial charge is 0.264 e. The molecule has 5 rings (SSSR count).